The highest BCUT2D eigenvalue weighted by molar-refractivity contribution is 7.70. The Morgan fingerprint density at radius 3 is 2.38 bits per heavy atom. The molecule has 2 aromatic heterocycles. The third kappa shape index (κ3) is 5.56. The zero-order valence-electron chi connectivity index (χ0n) is 25.0. The maximum Gasteiger partial charge on any atom is 0.335 e. The number of hydrogen-bond donors (Lipinski definition) is 2. The predicted octanol–water partition coefficient (Wildman–Crippen LogP) is 7.27. The van der Waals surface area contributed by atoms with Gasteiger partial charge >= 0.3 is 5.97 Å². The van der Waals surface area contributed by atoms with E-state index >= 15 is 0 Å². The average Bonchev–Trinajstić information content (AvgIpc) is 3.71. The Labute approximate surface area is 260 Å². The number of benzene rings is 4. The van der Waals surface area contributed by atoms with Crippen molar-refractivity contribution in [3.63, 3.8) is 0 Å². The molecule has 0 spiro atoms. The summed E-state index contributed by atoms with van der Waals surface area (Å²) >= 11 is 0. The van der Waals surface area contributed by atoms with Crippen LogP contribution in [0.4, 0.5) is 0 Å². The summed E-state index contributed by atoms with van der Waals surface area (Å²) in [5.74, 6) is -1.19. The molecule has 2 N–H and O–H groups in total. The molecule has 0 unspecified atom stereocenters. The number of carboxylic acid groups (broad SMARTS) is 1. The number of para-hydroxylation sites is 1. The third-order valence-electron chi connectivity index (χ3n) is 8.68. The third-order valence-corrected chi connectivity index (χ3v) is 10.2. The number of fused-ring (bicyclic) bond motifs is 2. The van der Waals surface area contributed by atoms with Gasteiger partial charge in [-0.3, -0.25) is 9.78 Å². The topological polar surface area (TPSA) is 101 Å². The van der Waals surface area contributed by atoms with E-state index in [9.17, 15) is 19.3 Å². The number of carbonyl (C=O) groups is 2. The molecule has 1 aliphatic carbocycles. The first-order valence-corrected chi connectivity index (χ1v) is 17.5. The lowest BCUT2D eigenvalue weighted by Crippen LogP contribution is -2.35. The van der Waals surface area contributed by atoms with Gasteiger partial charge in [0.2, 0.25) is 0 Å². The number of pyridine rings is 1. The zero-order chi connectivity index (χ0) is 31.3. The normalized spacial score (nSPS) is 14.0. The van der Waals surface area contributed by atoms with Crippen LogP contribution in [-0.2, 0) is 16.6 Å². The molecule has 1 saturated carbocycles. The quantitative estimate of drug-likeness (QED) is 0.176. The van der Waals surface area contributed by atoms with E-state index in [1.165, 1.54) is 0 Å². The minimum absolute atomic E-state index is 0.208. The summed E-state index contributed by atoms with van der Waals surface area (Å²) < 4.78 is 15.0. The summed E-state index contributed by atoms with van der Waals surface area (Å²) in [6, 6.07) is 32.5. The van der Waals surface area contributed by atoms with Gasteiger partial charge in [-0.1, -0.05) is 54.6 Å². The predicted molar refractivity (Wildman–Crippen MR) is 179 cm³/mol. The van der Waals surface area contributed by atoms with Crippen molar-refractivity contribution >= 4 is 46.1 Å². The first-order valence-electron chi connectivity index (χ1n) is 14.9. The fraction of sp³-hybridized carbons (Fsp3) is 0.162. The Morgan fingerprint density at radius 2 is 1.64 bits per heavy atom. The molecule has 4 aromatic carbocycles. The number of nitrogens with zero attached hydrogens (tertiary/aromatic N) is 2. The number of hydrogen-bond acceptors (Lipinski definition) is 4. The molecular weight excluding hydrogens is 581 g/mol. The lowest BCUT2D eigenvalue weighted by atomic mass is 9.98. The number of carboxylic acids is 1. The van der Waals surface area contributed by atoms with Crippen LogP contribution in [0, 0.1) is 0 Å². The number of aromatic nitrogens is 2. The molecular formula is C37H32N3O4P. The van der Waals surface area contributed by atoms with Gasteiger partial charge in [-0.25, -0.2) is 4.79 Å². The molecule has 0 radical (unpaired) electrons. The number of rotatable bonds is 8. The van der Waals surface area contributed by atoms with E-state index in [2.05, 4.69) is 22.0 Å². The lowest BCUT2D eigenvalue weighted by molar-refractivity contribution is 0.0696. The Hall–Kier alpha value is -5.00. The number of aromatic carboxylic acids is 1. The molecule has 1 fully saturated rings. The van der Waals surface area contributed by atoms with E-state index in [-0.39, 0.29) is 11.5 Å². The van der Waals surface area contributed by atoms with Gasteiger partial charge in [-0.15, -0.1) is 0 Å². The second-order valence-corrected chi connectivity index (χ2v) is 15.4. The van der Waals surface area contributed by atoms with Crippen LogP contribution in [0.25, 0.3) is 32.9 Å². The van der Waals surface area contributed by atoms with Crippen molar-refractivity contribution in [1.82, 2.24) is 14.9 Å². The van der Waals surface area contributed by atoms with Crippen molar-refractivity contribution in [2.24, 2.45) is 0 Å². The van der Waals surface area contributed by atoms with Gasteiger partial charge < -0.3 is 19.6 Å². The molecule has 224 valence electrons. The van der Waals surface area contributed by atoms with Crippen molar-refractivity contribution in [2.45, 2.75) is 24.9 Å². The SMILES string of the molecule is CP(C)(=O)c1cccc(-c2cc(C(=O)NC3(c4ccc(C(=O)O)cc4)CC3)c3c(ccn3Cc3ccc4ccccc4n3)c2)c1. The fourth-order valence-electron chi connectivity index (χ4n) is 6.04. The summed E-state index contributed by atoms with van der Waals surface area (Å²) in [4.78, 5) is 30.5. The molecule has 6 aromatic rings. The number of amides is 1. The van der Waals surface area contributed by atoms with Crippen molar-refractivity contribution in [1.29, 1.82) is 0 Å². The summed E-state index contributed by atoms with van der Waals surface area (Å²) in [5, 5.41) is 15.4. The highest BCUT2D eigenvalue weighted by Gasteiger charge is 2.46. The summed E-state index contributed by atoms with van der Waals surface area (Å²) in [6.45, 7) is 4.00. The van der Waals surface area contributed by atoms with Crippen molar-refractivity contribution in [3.05, 3.63) is 132 Å². The molecule has 7 nitrogen and oxygen atoms in total. The zero-order valence-corrected chi connectivity index (χ0v) is 25.9. The lowest BCUT2D eigenvalue weighted by Gasteiger charge is -2.20. The van der Waals surface area contributed by atoms with Crippen LogP contribution in [0.15, 0.2) is 109 Å². The van der Waals surface area contributed by atoms with E-state index in [0.29, 0.717) is 12.1 Å². The van der Waals surface area contributed by atoms with Gasteiger partial charge in [0, 0.05) is 22.3 Å². The Kier molecular flexibility index (Phi) is 6.94. The van der Waals surface area contributed by atoms with E-state index in [1.54, 1.807) is 37.6 Å². The van der Waals surface area contributed by atoms with Gasteiger partial charge in [0.1, 0.15) is 7.14 Å². The second kappa shape index (κ2) is 10.9. The van der Waals surface area contributed by atoms with Crippen LogP contribution < -0.4 is 10.6 Å². The van der Waals surface area contributed by atoms with Crippen LogP contribution in [0.2, 0.25) is 0 Å². The smallest absolute Gasteiger partial charge is 0.335 e. The Morgan fingerprint density at radius 1 is 0.867 bits per heavy atom. The van der Waals surface area contributed by atoms with Crippen LogP contribution in [0.3, 0.4) is 0 Å². The van der Waals surface area contributed by atoms with E-state index < -0.39 is 18.7 Å². The minimum Gasteiger partial charge on any atom is -0.478 e. The minimum atomic E-state index is -2.49. The molecule has 45 heavy (non-hydrogen) atoms. The molecule has 1 amide bonds. The second-order valence-electron chi connectivity index (χ2n) is 12.2. The first kappa shape index (κ1) is 28.8. The van der Waals surface area contributed by atoms with Crippen LogP contribution in [-0.4, -0.2) is 39.9 Å². The number of carbonyl (C=O) groups excluding carboxylic acids is 1. The molecule has 0 bridgehead atoms. The van der Waals surface area contributed by atoms with Gasteiger partial charge in [0.05, 0.1) is 39.9 Å². The van der Waals surface area contributed by atoms with Crippen molar-refractivity contribution < 1.29 is 19.3 Å². The summed E-state index contributed by atoms with van der Waals surface area (Å²) in [6.07, 6.45) is 3.52. The van der Waals surface area contributed by atoms with E-state index in [1.807, 2.05) is 72.9 Å². The number of nitrogens with one attached hydrogen (secondary N) is 1. The summed E-state index contributed by atoms with van der Waals surface area (Å²) in [7, 11) is -2.49. The van der Waals surface area contributed by atoms with Crippen LogP contribution >= 0.6 is 7.14 Å². The van der Waals surface area contributed by atoms with Crippen molar-refractivity contribution in [2.75, 3.05) is 13.3 Å². The first-order chi connectivity index (χ1) is 21.6. The van der Waals surface area contributed by atoms with E-state index in [0.717, 1.165) is 62.3 Å². The van der Waals surface area contributed by atoms with Crippen molar-refractivity contribution in [3.8, 4) is 11.1 Å². The van der Waals surface area contributed by atoms with Gasteiger partial charge in [-0.05, 0) is 91.4 Å². The summed E-state index contributed by atoms with van der Waals surface area (Å²) in [5.41, 5.74) is 5.43. The van der Waals surface area contributed by atoms with Gasteiger partial charge in [-0.2, -0.15) is 0 Å². The molecule has 7 rings (SSSR count). The fourth-order valence-corrected chi connectivity index (χ4v) is 6.93. The molecule has 0 aliphatic heterocycles. The molecule has 0 saturated heterocycles. The Balaban J connectivity index is 1.31. The van der Waals surface area contributed by atoms with E-state index in [4.69, 9.17) is 4.98 Å². The standard InChI is InChI=1S/C37H32N3O4P/c1-45(2,44)31-8-5-7-26(21-31)28-20-27-16-19-40(23-30-15-12-24-6-3-4-9-33(24)38-30)34(27)32(22-28)35(41)39-37(17-18-37)29-13-10-25(11-14-29)36(42)43/h3-16,19-22H,17-18,23H2,1-2H3,(H,39,41)(H,42,43). The highest BCUT2D eigenvalue weighted by Crippen LogP contribution is 2.46. The largest absolute Gasteiger partial charge is 0.478 e. The monoisotopic (exact) mass is 613 g/mol. The molecule has 8 heteroatoms. The molecule has 1 aliphatic rings. The average molecular weight is 614 g/mol. The molecule has 2 heterocycles. The van der Waals surface area contributed by atoms with Gasteiger partial charge in [0.15, 0.2) is 0 Å². The van der Waals surface area contributed by atoms with Crippen LogP contribution in [0.1, 0.15) is 44.8 Å². The Bertz CT molecular complexity index is 2170. The maximum absolute atomic E-state index is 14.3. The maximum atomic E-state index is 14.3. The highest BCUT2D eigenvalue weighted by atomic mass is 31.2. The van der Waals surface area contributed by atoms with Crippen LogP contribution in [0.5, 0.6) is 0 Å². The van der Waals surface area contributed by atoms with Gasteiger partial charge in [0.25, 0.3) is 5.91 Å². The molecule has 0 atom stereocenters.